The van der Waals surface area contributed by atoms with Gasteiger partial charge in [-0.25, -0.2) is 0 Å². The Bertz CT molecular complexity index is 239. The van der Waals surface area contributed by atoms with Crippen LogP contribution in [0.2, 0.25) is 0 Å². The van der Waals surface area contributed by atoms with Crippen LogP contribution in [-0.2, 0) is 9.59 Å². The zero-order valence-electron chi connectivity index (χ0n) is 8.78. The van der Waals surface area contributed by atoms with Crippen LogP contribution in [0.3, 0.4) is 0 Å². The molecule has 1 fully saturated rings. The molecule has 0 radical (unpaired) electrons. The van der Waals surface area contributed by atoms with Gasteiger partial charge < -0.3 is 5.11 Å². The second kappa shape index (κ2) is 3.67. The van der Waals surface area contributed by atoms with E-state index < -0.39 is 5.54 Å². The molecule has 1 rings (SSSR count). The Labute approximate surface area is 83.3 Å². The Morgan fingerprint density at radius 1 is 1.21 bits per heavy atom. The lowest BCUT2D eigenvalue weighted by Gasteiger charge is -2.39. The number of rotatable bonds is 1. The summed E-state index contributed by atoms with van der Waals surface area (Å²) in [6, 6.07) is 0. The van der Waals surface area contributed by atoms with Crippen LogP contribution >= 0.6 is 0 Å². The molecule has 0 bridgehead atoms. The fraction of sp³-hybridized carbons (Fsp3) is 0.778. The van der Waals surface area contributed by atoms with E-state index in [-0.39, 0.29) is 31.6 Å². The van der Waals surface area contributed by atoms with Gasteiger partial charge in [0.05, 0.1) is 19.8 Å². The normalized spacial score (nSPS) is 20.4. The first-order valence-corrected chi connectivity index (χ1v) is 4.55. The molecule has 1 saturated heterocycles. The van der Waals surface area contributed by atoms with Crippen molar-refractivity contribution in [2.24, 2.45) is 0 Å². The van der Waals surface area contributed by atoms with Crippen LogP contribution < -0.4 is 0 Å². The Morgan fingerprint density at radius 3 is 1.93 bits per heavy atom. The van der Waals surface area contributed by atoms with Gasteiger partial charge in [-0.2, -0.15) is 0 Å². The average Bonchev–Trinajstić information content (AvgIpc) is 1.99. The lowest BCUT2D eigenvalue weighted by atomic mass is 10.0. The van der Waals surface area contributed by atoms with Gasteiger partial charge in [0.1, 0.15) is 0 Å². The predicted octanol–water partition coefficient (Wildman–Crippen LogP) is -0.595. The van der Waals surface area contributed by atoms with Crippen LogP contribution in [0.1, 0.15) is 20.8 Å². The van der Waals surface area contributed by atoms with E-state index in [0.29, 0.717) is 0 Å². The Hall–Kier alpha value is -0.940. The number of carbonyl (C=O) groups excluding carboxylic acids is 2. The van der Waals surface area contributed by atoms with Crippen LogP contribution in [0.25, 0.3) is 0 Å². The maximum atomic E-state index is 11.6. The zero-order chi connectivity index (χ0) is 10.9. The quantitative estimate of drug-likeness (QED) is 0.574. The largest absolute Gasteiger partial charge is 0.381 e. The average molecular weight is 200 g/mol. The van der Waals surface area contributed by atoms with Gasteiger partial charge in [-0.05, 0) is 20.8 Å². The van der Waals surface area contributed by atoms with E-state index in [2.05, 4.69) is 0 Å². The highest BCUT2D eigenvalue weighted by Crippen LogP contribution is 2.17. The van der Waals surface area contributed by atoms with E-state index in [1.165, 1.54) is 9.80 Å². The number of aliphatic hydroxyl groups excluding tert-OH is 1. The Balaban J connectivity index is 2.81. The predicted molar refractivity (Wildman–Crippen MR) is 50.3 cm³/mol. The maximum Gasteiger partial charge on any atom is 0.243 e. The second-order valence-electron chi connectivity index (χ2n) is 4.42. The number of hydrogen-bond acceptors (Lipinski definition) is 4. The minimum atomic E-state index is -0.476. The molecule has 0 aromatic rings. The third kappa shape index (κ3) is 2.10. The van der Waals surface area contributed by atoms with E-state index in [1.807, 2.05) is 20.8 Å². The zero-order valence-corrected chi connectivity index (χ0v) is 8.78. The molecular formula is C9H16N2O3. The topological polar surface area (TPSA) is 60.9 Å². The molecule has 0 atom stereocenters. The number of nitrogens with zero attached hydrogens (tertiary/aromatic N) is 2. The van der Waals surface area contributed by atoms with Crippen molar-refractivity contribution >= 4 is 11.8 Å². The SMILES string of the molecule is CC(C)(C)N1C(=O)CN(CO)CC1=O. The molecule has 5 heteroatoms. The molecule has 0 unspecified atom stereocenters. The highest BCUT2D eigenvalue weighted by atomic mass is 16.3. The molecule has 1 heterocycles. The first kappa shape index (κ1) is 11.1. The van der Waals surface area contributed by atoms with Crippen molar-refractivity contribution in [3.8, 4) is 0 Å². The summed E-state index contributed by atoms with van der Waals surface area (Å²) in [5.41, 5.74) is -0.476. The first-order valence-electron chi connectivity index (χ1n) is 4.55. The molecule has 0 saturated carbocycles. The summed E-state index contributed by atoms with van der Waals surface area (Å²) in [6.45, 7) is 5.42. The van der Waals surface area contributed by atoms with E-state index in [9.17, 15) is 9.59 Å². The summed E-state index contributed by atoms with van der Waals surface area (Å²) >= 11 is 0. The minimum absolute atomic E-state index is 0.111. The summed E-state index contributed by atoms with van der Waals surface area (Å²) < 4.78 is 0. The van der Waals surface area contributed by atoms with Crippen molar-refractivity contribution < 1.29 is 14.7 Å². The van der Waals surface area contributed by atoms with Crippen LogP contribution in [0.15, 0.2) is 0 Å². The summed E-state index contributed by atoms with van der Waals surface area (Å²) in [5, 5.41) is 8.82. The van der Waals surface area contributed by atoms with Crippen molar-refractivity contribution in [1.29, 1.82) is 0 Å². The third-order valence-corrected chi connectivity index (χ3v) is 2.09. The molecule has 5 nitrogen and oxygen atoms in total. The standard InChI is InChI=1S/C9H16N2O3/c1-9(2,3)11-7(13)4-10(6-12)5-8(11)14/h12H,4-6H2,1-3H3. The number of piperazine rings is 1. The minimum Gasteiger partial charge on any atom is -0.381 e. The molecule has 14 heavy (non-hydrogen) atoms. The van der Waals surface area contributed by atoms with Crippen molar-refractivity contribution in [3.05, 3.63) is 0 Å². The number of amides is 2. The lowest BCUT2D eigenvalue weighted by Crippen LogP contribution is -2.60. The third-order valence-electron chi connectivity index (χ3n) is 2.09. The van der Waals surface area contributed by atoms with Gasteiger partial charge in [0.15, 0.2) is 0 Å². The van der Waals surface area contributed by atoms with Crippen molar-refractivity contribution in [2.75, 3.05) is 19.8 Å². The van der Waals surface area contributed by atoms with Gasteiger partial charge in [-0.1, -0.05) is 0 Å². The summed E-state index contributed by atoms with van der Waals surface area (Å²) in [7, 11) is 0. The lowest BCUT2D eigenvalue weighted by molar-refractivity contribution is -0.159. The number of carbonyl (C=O) groups is 2. The van der Waals surface area contributed by atoms with Gasteiger partial charge in [0.25, 0.3) is 0 Å². The maximum absolute atomic E-state index is 11.6. The molecule has 2 amide bonds. The van der Waals surface area contributed by atoms with Crippen LogP contribution in [0.5, 0.6) is 0 Å². The van der Waals surface area contributed by atoms with Gasteiger partial charge >= 0.3 is 0 Å². The number of aliphatic hydroxyl groups is 1. The summed E-state index contributed by atoms with van der Waals surface area (Å²) in [5.74, 6) is -0.495. The smallest absolute Gasteiger partial charge is 0.243 e. The molecule has 80 valence electrons. The summed E-state index contributed by atoms with van der Waals surface area (Å²) in [6.07, 6.45) is 0. The highest BCUT2D eigenvalue weighted by Gasteiger charge is 2.37. The van der Waals surface area contributed by atoms with E-state index in [1.54, 1.807) is 0 Å². The number of hydrogen-bond donors (Lipinski definition) is 1. The summed E-state index contributed by atoms with van der Waals surface area (Å²) in [4.78, 5) is 25.8. The fourth-order valence-electron chi connectivity index (χ4n) is 1.57. The molecular weight excluding hydrogens is 184 g/mol. The Kier molecular flexibility index (Phi) is 2.92. The second-order valence-corrected chi connectivity index (χ2v) is 4.42. The van der Waals surface area contributed by atoms with Gasteiger partial charge in [0.2, 0.25) is 11.8 Å². The van der Waals surface area contributed by atoms with Crippen molar-refractivity contribution in [2.45, 2.75) is 26.3 Å². The van der Waals surface area contributed by atoms with Crippen molar-refractivity contribution in [3.63, 3.8) is 0 Å². The van der Waals surface area contributed by atoms with Crippen LogP contribution in [0, 0.1) is 0 Å². The van der Waals surface area contributed by atoms with Crippen molar-refractivity contribution in [1.82, 2.24) is 9.80 Å². The van der Waals surface area contributed by atoms with E-state index >= 15 is 0 Å². The first-order chi connectivity index (χ1) is 6.36. The highest BCUT2D eigenvalue weighted by molar-refractivity contribution is 6.00. The van der Waals surface area contributed by atoms with Gasteiger partial charge in [-0.15, -0.1) is 0 Å². The number of imide groups is 1. The molecule has 1 N–H and O–H groups in total. The van der Waals surface area contributed by atoms with Crippen LogP contribution in [-0.4, -0.2) is 52.1 Å². The molecule has 0 aliphatic carbocycles. The molecule has 1 aliphatic rings. The van der Waals surface area contributed by atoms with E-state index in [4.69, 9.17) is 5.11 Å². The molecule has 0 spiro atoms. The van der Waals surface area contributed by atoms with E-state index in [0.717, 1.165) is 0 Å². The Morgan fingerprint density at radius 2 is 1.64 bits per heavy atom. The fourth-order valence-corrected chi connectivity index (χ4v) is 1.57. The van der Waals surface area contributed by atoms with Gasteiger partial charge in [0, 0.05) is 5.54 Å². The monoisotopic (exact) mass is 200 g/mol. The van der Waals surface area contributed by atoms with Crippen LogP contribution in [0.4, 0.5) is 0 Å². The molecule has 1 aliphatic heterocycles. The molecule has 0 aromatic heterocycles. The molecule has 0 aromatic carbocycles. The van der Waals surface area contributed by atoms with Gasteiger partial charge in [-0.3, -0.25) is 19.4 Å².